The number of aliphatic hydroxyl groups excluding tert-OH is 1. The van der Waals surface area contributed by atoms with Crippen LogP contribution in [0.3, 0.4) is 0 Å². The zero-order valence-electron chi connectivity index (χ0n) is 13.0. The van der Waals surface area contributed by atoms with Gasteiger partial charge in [0.05, 0.1) is 25.5 Å². The molecule has 4 nitrogen and oxygen atoms in total. The van der Waals surface area contributed by atoms with Crippen LogP contribution >= 0.6 is 0 Å². The molecule has 132 valence electrons. The molecule has 2 aromatic rings. The van der Waals surface area contributed by atoms with Crippen LogP contribution in [0, 0.1) is 0 Å². The summed E-state index contributed by atoms with van der Waals surface area (Å²) >= 11 is 0. The summed E-state index contributed by atoms with van der Waals surface area (Å²) < 4.78 is 49.2. The van der Waals surface area contributed by atoms with Gasteiger partial charge in [-0.25, -0.2) is 0 Å². The predicted molar refractivity (Wildman–Crippen MR) is 82.4 cm³/mol. The number of hydrogen-bond donors (Lipinski definition) is 2. The maximum Gasteiger partial charge on any atom is 0.414 e. The van der Waals surface area contributed by atoms with Gasteiger partial charge in [0, 0.05) is 13.0 Å². The Bertz CT molecular complexity index is 573. The molecule has 0 saturated carbocycles. The van der Waals surface area contributed by atoms with Crippen LogP contribution in [0.25, 0.3) is 0 Å². The zero-order valence-corrected chi connectivity index (χ0v) is 13.0. The van der Waals surface area contributed by atoms with E-state index < -0.39 is 25.0 Å². The summed E-state index contributed by atoms with van der Waals surface area (Å²) in [4.78, 5) is 0. The molecule has 0 bridgehead atoms. The van der Waals surface area contributed by atoms with Crippen molar-refractivity contribution in [3.63, 3.8) is 0 Å². The van der Waals surface area contributed by atoms with Crippen molar-refractivity contribution in [1.29, 1.82) is 0 Å². The molecule has 0 saturated heterocycles. The largest absolute Gasteiger partial charge is 0.468 e. The van der Waals surface area contributed by atoms with Crippen molar-refractivity contribution < 1.29 is 27.4 Å². The Kier molecular flexibility index (Phi) is 6.84. The van der Waals surface area contributed by atoms with E-state index in [1.165, 1.54) is 6.26 Å². The first-order chi connectivity index (χ1) is 11.4. The number of alkyl halides is 3. The Balaban J connectivity index is 1.77. The lowest BCUT2D eigenvalue weighted by molar-refractivity contribution is -0.224. The van der Waals surface area contributed by atoms with Gasteiger partial charge in [0.2, 0.25) is 0 Å². The molecule has 0 radical (unpaired) electrons. The van der Waals surface area contributed by atoms with E-state index in [1.807, 2.05) is 0 Å². The van der Waals surface area contributed by atoms with Crippen LogP contribution in [0.2, 0.25) is 0 Å². The van der Waals surface area contributed by atoms with E-state index in [2.05, 4.69) is 5.32 Å². The van der Waals surface area contributed by atoms with Crippen molar-refractivity contribution >= 4 is 0 Å². The van der Waals surface area contributed by atoms with Gasteiger partial charge in [0.25, 0.3) is 0 Å². The molecule has 0 fully saturated rings. The average Bonchev–Trinajstić information content (AvgIpc) is 3.04. The highest BCUT2D eigenvalue weighted by Gasteiger charge is 2.40. The fourth-order valence-corrected chi connectivity index (χ4v) is 2.16. The predicted octanol–water partition coefficient (Wildman–Crippen LogP) is 2.92. The van der Waals surface area contributed by atoms with E-state index in [9.17, 15) is 18.3 Å². The fourth-order valence-electron chi connectivity index (χ4n) is 2.16. The highest BCUT2D eigenvalue weighted by Crippen LogP contribution is 2.26. The number of aliphatic hydroxyl groups is 1. The van der Waals surface area contributed by atoms with Gasteiger partial charge in [-0.3, -0.25) is 0 Å². The third-order valence-corrected chi connectivity index (χ3v) is 3.38. The lowest BCUT2D eigenvalue weighted by Gasteiger charge is -2.22. The minimum absolute atomic E-state index is 0.108. The van der Waals surface area contributed by atoms with Crippen molar-refractivity contribution in [2.24, 2.45) is 0 Å². The van der Waals surface area contributed by atoms with E-state index in [0.717, 1.165) is 0 Å². The second-order valence-corrected chi connectivity index (χ2v) is 5.42. The number of furan rings is 1. The highest BCUT2D eigenvalue weighted by molar-refractivity contribution is 5.15. The monoisotopic (exact) mass is 343 g/mol. The number of halogens is 3. The van der Waals surface area contributed by atoms with Gasteiger partial charge in [-0.2, -0.15) is 13.2 Å². The highest BCUT2D eigenvalue weighted by atomic mass is 19.4. The second kappa shape index (κ2) is 8.86. The first-order valence-electron chi connectivity index (χ1n) is 7.58. The number of benzene rings is 1. The van der Waals surface area contributed by atoms with Gasteiger partial charge >= 0.3 is 6.18 Å². The molecule has 0 spiro atoms. The minimum Gasteiger partial charge on any atom is -0.468 e. The molecule has 1 aromatic heterocycles. The van der Waals surface area contributed by atoms with Gasteiger partial charge in [0.15, 0.2) is 6.10 Å². The summed E-state index contributed by atoms with van der Waals surface area (Å²) in [6.45, 7) is 0.0928. The molecule has 2 atom stereocenters. The van der Waals surface area contributed by atoms with Crippen LogP contribution in [0.1, 0.15) is 11.3 Å². The van der Waals surface area contributed by atoms with Gasteiger partial charge < -0.3 is 19.6 Å². The first-order valence-corrected chi connectivity index (χ1v) is 7.58. The van der Waals surface area contributed by atoms with Crippen LogP contribution < -0.4 is 5.32 Å². The quantitative estimate of drug-likeness (QED) is 0.735. The molecule has 0 aliphatic carbocycles. The summed E-state index contributed by atoms with van der Waals surface area (Å²) in [7, 11) is 0. The Morgan fingerprint density at radius 2 is 1.88 bits per heavy atom. The van der Waals surface area contributed by atoms with Gasteiger partial charge in [-0.15, -0.1) is 0 Å². The van der Waals surface area contributed by atoms with Crippen molar-refractivity contribution in [2.75, 3.05) is 13.2 Å². The summed E-state index contributed by atoms with van der Waals surface area (Å²) in [5.41, 5.74) is 0.533. The summed E-state index contributed by atoms with van der Waals surface area (Å²) in [6, 6.07) is 11.8. The molecule has 0 aliphatic heterocycles. The minimum atomic E-state index is -4.49. The topological polar surface area (TPSA) is 54.6 Å². The molecule has 1 aromatic carbocycles. The SMILES string of the molecule is OC(CNCc1ccco1)COC(Cc1ccccc1)C(F)(F)F. The van der Waals surface area contributed by atoms with Gasteiger partial charge in [-0.05, 0) is 17.7 Å². The standard InChI is InChI=1S/C17H20F3NO3/c18-17(19,20)16(9-13-5-2-1-3-6-13)24-12-14(22)10-21-11-15-7-4-8-23-15/h1-8,14,16,21-22H,9-12H2. The molecular formula is C17H20F3NO3. The molecule has 7 heteroatoms. The van der Waals surface area contributed by atoms with Gasteiger partial charge in [-0.1, -0.05) is 30.3 Å². The molecule has 1 heterocycles. The molecule has 2 N–H and O–H groups in total. The van der Waals surface area contributed by atoms with Crippen LogP contribution in [-0.2, 0) is 17.7 Å². The van der Waals surface area contributed by atoms with Crippen molar-refractivity contribution in [3.8, 4) is 0 Å². The third kappa shape index (κ3) is 6.35. The first kappa shape index (κ1) is 18.5. The second-order valence-electron chi connectivity index (χ2n) is 5.42. The fraction of sp³-hybridized carbons (Fsp3) is 0.412. The van der Waals surface area contributed by atoms with Crippen molar-refractivity contribution in [1.82, 2.24) is 5.32 Å². The summed E-state index contributed by atoms with van der Waals surface area (Å²) in [5.74, 6) is 0.681. The molecule has 0 amide bonds. The maximum absolute atomic E-state index is 13.1. The Labute approximate surface area is 138 Å². The zero-order chi connectivity index (χ0) is 17.4. The van der Waals surface area contributed by atoms with E-state index in [1.54, 1.807) is 42.5 Å². The number of ether oxygens (including phenoxy) is 1. The third-order valence-electron chi connectivity index (χ3n) is 3.38. The number of rotatable bonds is 9. The number of hydrogen-bond acceptors (Lipinski definition) is 4. The summed E-state index contributed by atoms with van der Waals surface area (Å²) in [5, 5.41) is 12.7. The van der Waals surface area contributed by atoms with E-state index in [-0.39, 0.29) is 13.0 Å². The smallest absolute Gasteiger partial charge is 0.414 e. The lowest BCUT2D eigenvalue weighted by Crippen LogP contribution is -2.38. The summed E-state index contributed by atoms with van der Waals surface area (Å²) in [6.07, 6.45) is -6.23. The number of nitrogens with one attached hydrogen (secondary N) is 1. The van der Waals surface area contributed by atoms with Crippen LogP contribution in [0.15, 0.2) is 53.1 Å². The normalized spacial score (nSPS) is 14.5. The van der Waals surface area contributed by atoms with Crippen LogP contribution in [0.5, 0.6) is 0 Å². The molecule has 2 rings (SSSR count). The Morgan fingerprint density at radius 3 is 2.50 bits per heavy atom. The van der Waals surface area contributed by atoms with Crippen LogP contribution in [0.4, 0.5) is 13.2 Å². The average molecular weight is 343 g/mol. The van der Waals surface area contributed by atoms with Gasteiger partial charge in [0.1, 0.15) is 5.76 Å². The molecular weight excluding hydrogens is 323 g/mol. The van der Waals surface area contributed by atoms with E-state index in [0.29, 0.717) is 17.9 Å². The molecule has 2 unspecified atom stereocenters. The Hall–Kier alpha value is -1.83. The lowest BCUT2D eigenvalue weighted by atomic mass is 10.1. The molecule has 0 aliphatic rings. The Morgan fingerprint density at radius 1 is 1.12 bits per heavy atom. The van der Waals surface area contributed by atoms with Crippen molar-refractivity contribution in [2.45, 2.75) is 31.3 Å². The maximum atomic E-state index is 13.1. The van der Waals surface area contributed by atoms with Crippen molar-refractivity contribution in [3.05, 3.63) is 60.1 Å². The van der Waals surface area contributed by atoms with Crippen LogP contribution in [-0.4, -0.2) is 36.6 Å². The molecule has 24 heavy (non-hydrogen) atoms. The van der Waals surface area contributed by atoms with E-state index >= 15 is 0 Å². The van der Waals surface area contributed by atoms with E-state index in [4.69, 9.17) is 9.15 Å².